The Morgan fingerprint density at radius 3 is 2.43 bits per heavy atom. The molecule has 11 heteroatoms. The van der Waals surface area contributed by atoms with Gasteiger partial charge in [-0.15, -0.1) is 5.10 Å². The topological polar surface area (TPSA) is 119 Å². The molecule has 2 heterocycles. The van der Waals surface area contributed by atoms with Gasteiger partial charge in [-0.05, 0) is 36.4 Å². The van der Waals surface area contributed by atoms with Crippen LogP contribution in [0.3, 0.4) is 0 Å². The Labute approximate surface area is 173 Å². The third kappa shape index (κ3) is 4.31. The largest absolute Gasteiger partial charge is 0.350 e. The highest BCUT2D eigenvalue weighted by Gasteiger charge is 2.18. The molecule has 2 aromatic heterocycles. The van der Waals surface area contributed by atoms with E-state index in [0.717, 1.165) is 4.31 Å². The van der Waals surface area contributed by atoms with E-state index in [4.69, 9.17) is 0 Å². The van der Waals surface area contributed by atoms with Gasteiger partial charge < -0.3 is 5.32 Å². The highest BCUT2D eigenvalue weighted by atomic mass is 32.2. The summed E-state index contributed by atoms with van der Waals surface area (Å²) in [4.78, 5) is 29.0. The molecule has 0 aliphatic carbocycles. The number of hydrogen-bond donors (Lipinski definition) is 1. The molecule has 0 saturated heterocycles. The summed E-state index contributed by atoms with van der Waals surface area (Å²) >= 11 is 0. The van der Waals surface area contributed by atoms with Crippen molar-refractivity contribution in [2.24, 2.45) is 7.05 Å². The molecule has 0 atom stereocenters. The van der Waals surface area contributed by atoms with Crippen LogP contribution in [-0.4, -0.2) is 58.6 Å². The van der Waals surface area contributed by atoms with Crippen LogP contribution in [0.25, 0.3) is 11.5 Å². The van der Waals surface area contributed by atoms with Crippen LogP contribution in [0.15, 0.2) is 58.4 Å². The second-order valence-corrected chi connectivity index (χ2v) is 8.82. The molecule has 0 fully saturated rings. The van der Waals surface area contributed by atoms with E-state index in [-0.39, 0.29) is 29.6 Å². The van der Waals surface area contributed by atoms with Crippen molar-refractivity contribution in [3.63, 3.8) is 0 Å². The van der Waals surface area contributed by atoms with Crippen molar-refractivity contribution in [1.82, 2.24) is 29.0 Å². The van der Waals surface area contributed by atoms with E-state index in [1.165, 1.54) is 47.6 Å². The molecule has 10 nitrogen and oxygen atoms in total. The Morgan fingerprint density at radius 1 is 1.13 bits per heavy atom. The predicted molar refractivity (Wildman–Crippen MR) is 110 cm³/mol. The van der Waals surface area contributed by atoms with Crippen LogP contribution < -0.4 is 11.0 Å². The molecule has 1 amide bonds. The second-order valence-electron chi connectivity index (χ2n) is 6.67. The molecule has 1 N–H and O–H groups in total. The fourth-order valence-electron chi connectivity index (χ4n) is 2.72. The number of sulfonamides is 1. The molecule has 30 heavy (non-hydrogen) atoms. The third-order valence-corrected chi connectivity index (χ3v) is 6.27. The summed E-state index contributed by atoms with van der Waals surface area (Å²) in [7, 11) is 0.933. The van der Waals surface area contributed by atoms with Gasteiger partial charge >= 0.3 is 5.69 Å². The van der Waals surface area contributed by atoms with E-state index in [9.17, 15) is 18.0 Å². The second kappa shape index (κ2) is 8.59. The monoisotopic (exact) mass is 430 g/mol. The summed E-state index contributed by atoms with van der Waals surface area (Å²) in [5.74, 6) is 0.0577. The van der Waals surface area contributed by atoms with Crippen molar-refractivity contribution in [2.75, 3.05) is 20.6 Å². The number of amides is 1. The van der Waals surface area contributed by atoms with Gasteiger partial charge in [0.25, 0.3) is 5.91 Å². The number of rotatable bonds is 7. The highest BCUT2D eigenvalue weighted by Crippen LogP contribution is 2.14. The molecule has 0 saturated carbocycles. The summed E-state index contributed by atoms with van der Waals surface area (Å²) in [6.07, 6.45) is 1.62. The molecular weight excluding hydrogens is 408 g/mol. The zero-order valence-corrected chi connectivity index (χ0v) is 17.6. The lowest BCUT2D eigenvalue weighted by atomic mass is 10.2. The minimum atomic E-state index is -3.55. The maximum Gasteiger partial charge on any atom is 0.346 e. The first-order chi connectivity index (χ1) is 14.2. The molecule has 3 rings (SSSR count). The summed E-state index contributed by atoms with van der Waals surface area (Å²) in [6.45, 7) is 0.355. The molecule has 0 radical (unpaired) electrons. The summed E-state index contributed by atoms with van der Waals surface area (Å²) in [5.41, 5.74) is 0.575. The van der Waals surface area contributed by atoms with E-state index in [2.05, 4.69) is 15.4 Å². The molecule has 3 aromatic rings. The van der Waals surface area contributed by atoms with Gasteiger partial charge in [0.1, 0.15) is 5.69 Å². The van der Waals surface area contributed by atoms with Crippen molar-refractivity contribution in [2.45, 2.75) is 11.4 Å². The van der Waals surface area contributed by atoms with Crippen LogP contribution in [0.5, 0.6) is 0 Å². The molecule has 0 aliphatic heterocycles. The smallest absolute Gasteiger partial charge is 0.346 e. The fourth-order valence-corrected chi connectivity index (χ4v) is 3.62. The Bertz CT molecular complexity index is 1200. The quantitative estimate of drug-likeness (QED) is 0.577. The average molecular weight is 430 g/mol. The van der Waals surface area contributed by atoms with Crippen molar-refractivity contribution in [3.8, 4) is 11.5 Å². The molecule has 1 aromatic carbocycles. The van der Waals surface area contributed by atoms with Crippen molar-refractivity contribution < 1.29 is 13.2 Å². The number of carbonyl (C=O) groups is 1. The SMILES string of the molecule is CN(C)S(=O)(=O)c1ccc(C(=O)NCCn2nc(-c3ccccn3)n(C)c2=O)cc1. The number of benzene rings is 1. The number of nitrogens with one attached hydrogen (secondary N) is 1. The van der Waals surface area contributed by atoms with Crippen LogP contribution in [0.4, 0.5) is 0 Å². The van der Waals surface area contributed by atoms with E-state index < -0.39 is 10.0 Å². The summed E-state index contributed by atoms with van der Waals surface area (Å²) < 4.78 is 27.9. The van der Waals surface area contributed by atoms with Gasteiger partial charge in [0.2, 0.25) is 10.0 Å². The predicted octanol–water partition coefficient (Wildman–Crippen LogP) is 0.324. The maximum atomic E-state index is 12.4. The van der Waals surface area contributed by atoms with E-state index in [0.29, 0.717) is 17.1 Å². The lowest BCUT2D eigenvalue weighted by molar-refractivity contribution is 0.0951. The fraction of sp³-hybridized carbons (Fsp3) is 0.263. The van der Waals surface area contributed by atoms with Gasteiger partial charge in [-0.1, -0.05) is 6.07 Å². The van der Waals surface area contributed by atoms with Gasteiger partial charge in [-0.3, -0.25) is 14.3 Å². The highest BCUT2D eigenvalue weighted by molar-refractivity contribution is 7.89. The third-order valence-electron chi connectivity index (χ3n) is 4.44. The van der Waals surface area contributed by atoms with Crippen LogP contribution in [0, 0.1) is 0 Å². The van der Waals surface area contributed by atoms with Crippen LogP contribution in [0.1, 0.15) is 10.4 Å². The van der Waals surface area contributed by atoms with E-state index in [1.54, 1.807) is 31.4 Å². The minimum absolute atomic E-state index is 0.103. The zero-order valence-electron chi connectivity index (χ0n) is 16.8. The van der Waals surface area contributed by atoms with Crippen molar-refractivity contribution in [1.29, 1.82) is 0 Å². The Morgan fingerprint density at radius 2 is 1.83 bits per heavy atom. The Kier molecular flexibility index (Phi) is 6.13. The number of aromatic nitrogens is 4. The van der Waals surface area contributed by atoms with E-state index in [1.807, 2.05) is 0 Å². The molecule has 158 valence electrons. The first-order valence-corrected chi connectivity index (χ1v) is 10.5. The number of carbonyl (C=O) groups excluding carboxylic acids is 1. The van der Waals surface area contributed by atoms with Crippen molar-refractivity contribution in [3.05, 3.63) is 64.7 Å². The average Bonchev–Trinajstić information content (AvgIpc) is 3.03. The molecule has 0 aliphatic rings. The Balaban J connectivity index is 1.65. The lowest BCUT2D eigenvalue weighted by Gasteiger charge is -2.11. The molecule has 0 spiro atoms. The van der Waals surface area contributed by atoms with Gasteiger partial charge in [0.15, 0.2) is 5.82 Å². The molecule has 0 unspecified atom stereocenters. The first-order valence-electron chi connectivity index (χ1n) is 9.08. The minimum Gasteiger partial charge on any atom is -0.350 e. The number of hydrogen-bond acceptors (Lipinski definition) is 6. The van der Waals surface area contributed by atoms with Gasteiger partial charge in [0.05, 0.1) is 11.4 Å². The maximum absolute atomic E-state index is 12.4. The number of nitrogens with zero attached hydrogens (tertiary/aromatic N) is 5. The Hall–Kier alpha value is -3.31. The standard InChI is InChI=1S/C19H22N6O4S/c1-23(2)30(28,29)15-9-7-14(8-10-15)18(26)21-12-13-25-19(27)24(3)17(22-25)16-6-4-5-11-20-16/h4-11H,12-13H2,1-3H3,(H,21,26). The lowest BCUT2D eigenvalue weighted by Crippen LogP contribution is -2.31. The van der Waals surface area contributed by atoms with Crippen LogP contribution in [-0.2, 0) is 23.6 Å². The van der Waals surface area contributed by atoms with Gasteiger partial charge in [0, 0.05) is 39.4 Å². The van der Waals surface area contributed by atoms with Crippen LogP contribution in [0.2, 0.25) is 0 Å². The zero-order chi connectivity index (χ0) is 21.9. The molecular formula is C19H22N6O4S. The van der Waals surface area contributed by atoms with Crippen molar-refractivity contribution >= 4 is 15.9 Å². The molecule has 0 bridgehead atoms. The van der Waals surface area contributed by atoms with Crippen LogP contribution >= 0.6 is 0 Å². The summed E-state index contributed by atoms with van der Waals surface area (Å²) in [6, 6.07) is 11.0. The van der Waals surface area contributed by atoms with Gasteiger partial charge in [-0.25, -0.2) is 22.2 Å². The number of pyridine rings is 1. The summed E-state index contributed by atoms with van der Waals surface area (Å²) in [5, 5.41) is 6.99. The van der Waals surface area contributed by atoms with E-state index >= 15 is 0 Å². The van der Waals surface area contributed by atoms with Gasteiger partial charge in [-0.2, -0.15) is 0 Å². The normalized spacial score (nSPS) is 11.6. The first kappa shape index (κ1) is 21.4.